The minimum Gasteiger partial charge on any atom is -0.351 e. The molecule has 2 amide bonds. The monoisotopic (exact) mass is 332 g/mol. The SMILES string of the molecule is CC(=O)NCc1ccc(C(=O)N2CCC[C@@H](n3ccnc3)C2)s1. The number of thiophene rings is 1. The van der Waals surface area contributed by atoms with Gasteiger partial charge >= 0.3 is 0 Å². The van der Waals surface area contributed by atoms with E-state index >= 15 is 0 Å². The highest BCUT2D eigenvalue weighted by Crippen LogP contribution is 2.25. The molecule has 3 rings (SSSR count). The van der Waals surface area contributed by atoms with Gasteiger partial charge in [-0.25, -0.2) is 4.98 Å². The van der Waals surface area contributed by atoms with Crippen molar-refractivity contribution in [2.75, 3.05) is 13.1 Å². The summed E-state index contributed by atoms with van der Waals surface area (Å²) in [5, 5.41) is 2.76. The zero-order valence-electron chi connectivity index (χ0n) is 13.1. The van der Waals surface area contributed by atoms with Crippen LogP contribution >= 0.6 is 11.3 Å². The fourth-order valence-corrected chi connectivity index (χ4v) is 3.74. The number of rotatable bonds is 4. The van der Waals surface area contributed by atoms with Crippen LogP contribution in [0.5, 0.6) is 0 Å². The molecule has 0 aromatic carbocycles. The van der Waals surface area contributed by atoms with E-state index < -0.39 is 0 Å². The Hall–Kier alpha value is -2.15. The first-order valence-electron chi connectivity index (χ1n) is 7.73. The lowest BCUT2D eigenvalue weighted by atomic mass is 10.1. The molecule has 1 aliphatic rings. The third-order valence-corrected chi connectivity index (χ3v) is 5.09. The molecule has 1 aliphatic heterocycles. The first-order chi connectivity index (χ1) is 11.1. The Morgan fingerprint density at radius 2 is 2.30 bits per heavy atom. The highest BCUT2D eigenvalue weighted by atomic mass is 32.1. The van der Waals surface area contributed by atoms with Crippen molar-refractivity contribution >= 4 is 23.2 Å². The first-order valence-corrected chi connectivity index (χ1v) is 8.55. The molecule has 122 valence electrons. The largest absolute Gasteiger partial charge is 0.351 e. The molecule has 1 N–H and O–H groups in total. The minimum atomic E-state index is -0.0644. The van der Waals surface area contributed by atoms with Gasteiger partial charge in [0, 0.05) is 37.3 Å². The van der Waals surface area contributed by atoms with Crippen molar-refractivity contribution in [2.45, 2.75) is 32.4 Å². The van der Waals surface area contributed by atoms with Crippen LogP contribution in [-0.4, -0.2) is 39.4 Å². The molecular weight excluding hydrogens is 312 g/mol. The fourth-order valence-electron chi connectivity index (χ4n) is 2.82. The maximum absolute atomic E-state index is 12.7. The van der Waals surface area contributed by atoms with Gasteiger partial charge in [0.15, 0.2) is 0 Å². The number of nitrogens with zero attached hydrogens (tertiary/aromatic N) is 3. The highest BCUT2D eigenvalue weighted by Gasteiger charge is 2.26. The molecule has 23 heavy (non-hydrogen) atoms. The van der Waals surface area contributed by atoms with Crippen LogP contribution in [0.3, 0.4) is 0 Å². The number of hydrogen-bond acceptors (Lipinski definition) is 4. The van der Waals surface area contributed by atoms with E-state index in [0.29, 0.717) is 19.1 Å². The predicted octanol–water partition coefficient (Wildman–Crippen LogP) is 2.06. The number of hydrogen-bond donors (Lipinski definition) is 1. The lowest BCUT2D eigenvalue weighted by Gasteiger charge is -2.33. The summed E-state index contributed by atoms with van der Waals surface area (Å²) in [5.41, 5.74) is 0. The Balaban J connectivity index is 1.64. The van der Waals surface area contributed by atoms with Crippen LogP contribution in [-0.2, 0) is 11.3 Å². The molecule has 3 heterocycles. The number of carbonyl (C=O) groups excluding carboxylic acids is 2. The third-order valence-electron chi connectivity index (χ3n) is 4.01. The van der Waals surface area contributed by atoms with Crippen molar-refractivity contribution in [1.82, 2.24) is 19.8 Å². The van der Waals surface area contributed by atoms with Crippen LogP contribution in [0.15, 0.2) is 30.9 Å². The topological polar surface area (TPSA) is 67.2 Å². The second-order valence-electron chi connectivity index (χ2n) is 5.73. The molecule has 0 spiro atoms. The number of piperidine rings is 1. The molecule has 0 saturated carbocycles. The normalized spacial score (nSPS) is 18.0. The molecule has 0 aliphatic carbocycles. The van der Waals surface area contributed by atoms with E-state index in [2.05, 4.69) is 14.9 Å². The number of amides is 2. The average molecular weight is 332 g/mol. The van der Waals surface area contributed by atoms with Crippen molar-refractivity contribution in [3.63, 3.8) is 0 Å². The summed E-state index contributed by atoms with van der Waals surface area (Å²) in [6, 6.07) is 4.06. The summed E-state index contributed by atoms with van der Waals surface area (Å²) < 4.78 is 2.08. The van der Waals surface area contributed by atoms with Gasteiger partial charge in [-0.2, -0.15) is 0 Å². The van der Waals surface area contributed by atoms with Gasteiger partial charge in [-0.1, -0.05) is 0 Å². The van der Waals surface area contributed by atoms with E-state index in [9.17, 15) is 9.59 Å². The number of carbonyl (C=O) groups is 2. The maximum atomic E-state index is 12.7. The second-order valence-corrected chi connectivity index (χ2v) is 6.90. The van der Waals surface area contributed by atoms with E-state index in [1.54, 1.807) is 6.20 Å². The number of aromatic nitrogens is 2. The van der Waals surface area contributed by atoms with Crippen molar-refractivity contribution in [1.29, 1.82) is 0 Å². The molecule has 0 unspecified atom stereocenters. The number of imidazole rings is 1. The van der Waals surface area contributed by atoms with Gasteiger partial charge in [-0.05, 0) is 25.0 Å². The van der Waals surface area contributed by atoms with Crippen LogP contribution in [0.1, 0.15) is 40.4 Å². The maximum Gasteiger partial charge on any atom is 0.263 e. The zero-order chi connectivity index (χ0) is 16.2. The predicted molar refractivity (Wildman–Crippen MR) is 88.2 cm³/mol. The molecule has 7 heteroatoms. The van der Waals surface area contributed by atoms with Gasteiger partial charge in [-0.15, -0.1) is 11.3 Å². The fraction of sp³-hybridized carbons (Fsp3) is 0.438. The summed E-state index contributed by atoms with van der Waals surface area (Å²) in [4.78, 5) is 31.4. The summed E-state index contributed by atoms with van der Waals surface area (Å²) >= 11 is 1.45. The lowest BCUT2D eigenvalue weighted by molar-refractivity contribution is -0.119. The zero-order valence-corrected chi connectivity index (χ0v) is 13.9. The van der Waals surface area contributed by atoms with Crippen LogP contribution in [0.2, 0.25) is 0 Å². The smallest absolute Gasteiger partial charge is 0.263 e. The van der Waals surface area contributed by atoms with Crippen LogP contribution in [0.4, 0.5) is 0 Å². The molecule has 2 aromatic rings. The summed E-state index contributed by atoms with van der Waals surface area (Å²) in [6.45, 7) is 3.48. The van der Waals surface area contributed by atoms with Gasteiger partial charge < -0.3 is 14.8 Å². The van der Waals surface area contributed by atoms with Gasteiger partial charge in [0.25, 0.3) is 5.91 Å². The van der Waals surface area contributed by atoms with E-state index in [0.717, 1.165) is 29.1 Å². The van der Waals surface area contributed by atoms with E-state index in [1.807, 2.05) is 29.6 Å². The molecule has 0 bridgehead atoms. The summed E-state index contributed by atoms with van der Waals surface area (Å²) in [6.07, 6.45) is 7.61. The molecule has 0 radical (unpaired) electrons. The van der Waals surface area contributed by atoms with Crippen LogP contribution in [0, 0.1) is 0 Å². The van der Waals surface area contributed by atoms with Gasteiger partial charge in [0.1, 0.15) is 0 Å². The highest BCUT2D eigenvalue weighted by molar-refractivity contribution is 7.14. The van der Waals surface area contributed by atoms with Crippen LogP contribution in [0.25, 0.3) is 0 Å². The Labute approximate surface area is 139 Å². The van der Waals surface area contributed by atoms with Crippen molar-refractivity contribution in [3.05, 3.63) is 40.6 Å². The van der Waals surface area contributed by atoms with Gasteiger partial charge in [0.2, 0.25) is 5.91 Å². The van der Waals surface area contributed by atoms with E-state index in [4.69, 9.17) is 0 Å². The molecule has 1 saturated heterocycles. The molecular formula is C16H20N4O2S. The molecule has 1 atom stereocenters. The first kappa shape index (κ1) is 15.7. The Bertz CT molecular complexity index is 680. The number of nitrogens with one attached hydrogen (secondary N) is 1. The van der Waals surface area contributed by atoms with Crippen LogP contribution < -0.4 is 5.32 Å². The van der Waals surface area contributed by atoms with Gasteiger partial charge in [0.05, 0.1) is 23.8 Å². The third kappa shape index (κ3) is 3.79. The minimum absolute atomic E-state index is 0.0644. The van der Waals surface area contributed by atoms with Crippen molar-refractivity contribution in [3.8, 4) is 0 Å². The van der Waals surface area contributed by atoms with Crippen molar-refractivity contribution in [2.24, 2.45) is 0 Å². The molecule has 6 nitrogen and oxygen atoms in total. The van der Waals surface area contributed by atoms with Crippen molar-refractivity contribution < 1.29 is 9.59 Å². The summed E-state index contributed by atoms with van der Waals surface area (Å²) in [5.74, 6) is 0.0133. The molecule has 2 aromatic heterocycles. The Kier molecular flexibility index (Phi) is 4.76. The lowest BCUT2D eigenvalue weighted by Crippen LogP contribution is -2.40. The quantitative estimate of drug-likeness (QED) is 0.932. The van der Waals surface area contributed by atoms with E-state index in [1.165, 1.54) is 18.3 Å². The standard InChI is InChI=1S/C16H20N4O2S/c1-12(21)18-9-14-4-5-15(23-14)16(22)19-7-2-3-13(10-19)20-8-6-17-11-20/h4-6,8,11,13H,2-3,7,9-10H2,1H3,(H,18,21)/t13-/m1/s1. The summed E-state index contributed by atoms with van der Waals surface area (Å²) in [7, 11) is 0. The Morgan fingerprint density at radius 3 is 3.04 bits per heavy atom. The second kappa shape index (κ2) is 6.95. The van der Waals surface area contributed by atoms with E-state index in [-0.39, 0.29) is 11.8 Å². The Morgan fingerprint density at radius 1 is 1.43 bits per heavy atom. The molecule has 1 fully saturated rings. The average Bonchev–Trinajstić information content (AvgIpc) is 3.24. The number of likely N-dealkylation sites (tertiary alicyclic amines) is 1. The van der Waals surface area contributed by atoms with Gasteiger partial charge in [-0.3, -0.25) is 9.59 Å².